The summed E-state index contributed by atoms with van der Waals surface area (Å²) in [7, 11) is 0. The van der Waals surface area contributed by atoms with Crippen molar-refractivity contribution in [3.63, 3.8) is 0 Å². The molecule has 0 heterocycles. The van der Waals surface area contributed by atoms with E-state index in [1.165, 1.54) is 25.7 Å². The van der Waals surface area contributed by atoms with Crippen molar-refractivity contribution in [2.75, 3.05) is 0 Å². The lowest BCUT2D eigenvalue weighted by Crippen LogP contribution is -2.44. The first kappa shape index (κ1) is 10.6. The van der Waals surface area contributed by atoms with Crippen LogP contribution in [0.2, 0.25) is 0 Å². The maximum absolute atomic E-state index is 11.2. The van der Waals surface area contributed by atoms with E-state index in [4.69, 9.17) is 0 Å². The molecule has 0 saturated heterocycles. The minimum atomic E-state index is 0.381. The first-order chi connectivity index (χ1) is 7.54. The Bertz CT molecular complexity index is 377. The van der Waals surface area contributed by atoms with Crippen molar-refractivity contribution in [3.05, 3.63) is 11.1 Å². The summed E-state index contributed by atoms with van der Waals surface area (Å²) in [5.41, 5.74) is 3.52. The van der Waals surface area contributed by atoms with Gasteiger partial charge in [-0.3, -0.25) is 4.79 Å². The predicted octanol–water partition coefficient (Wildman–Crippen LogP) is 3.74. The van der Waals surface area contributed by atoms with Crippen LogP contribution < -0.4 is 0 Å². The number of carbonyl (C=O) groups is 1. The fraction of sp³-hybridized carbons (Fsp3) is 0.800. The zero-order valence-electron chi connectivity index (χ0n) is 10.7. The third kappa shape index (κ3) is 0.919. The second-order valence-electron chi connectivity index (χ2n) is 6.69. The molecule has 0 unspecified atom stereocenters. The van der Waals surface area contributed by atoms with E-state index in [-0.39, 0.29) is 0 Å². The first-order valence-corrected chi connectivity index (χ1v) is 6.71. The summed E-state index contributed by atoms with van der Waals surface area (Å²) < 4.78 is 0. The van der Waals surface area contributed by atoms with Crippen molar-refractivity contribution >= 4 is 6.29 Å². The van der Waals surface area contributed by atoms with Crippen LogP contribution >= 0.6 is 0 Å². The molecule has 3 aliphatic carbocycles. The molecule has 16 heavy (non-hydrogen) atoms. The van der Waals surface area contributed by atoms with Crippen molar-refractivity contribution < 1.29 is 4.79 Å². The largest absolute Gasteiger partial charge is 0.298 e. The van der Waals surface area contributed by atoms with Gasteiger partial charge in [0.1, 0.15) is 6.29 Å². The summed E-state index contributed by atoms with van der Waals surface area (Å²) in [6, 6.07) is 0. The monoisotopic (exact) mass is 218 g/mol. The Morgan fingerprint density at radius 2 is 2.06 bits per heavy atom. The summed E-state index contributed by atoms with van der Waals surface area (Å²) in [4.78, 5) is 11.2. The van der Waals surface area contributed by atoms with Crippen LogP contribution in [0.25, 0.3) is 0 Å². The van der Waals surface area contributed by atoms with Gasteiger partial charge in [0.05, 0.1) is 0 Å². The van der Waals surface area contributed by atoms with Crippen LogP contribution in [0.3, 0.4) is 0 Å². The van der Waals surface area contributed by atoms with Crippen molar-refractivity contribution in [1.82, 2.24) is 0 Å². The van der Waals surface area contributed by atoms with E-state index in [1.54, 1.807) is 5.57 Å². The molecule has 2 bridgehead atoms. The average Bonchev–Trinajstić information content (AvgIpc) is 2.65. The van der Waals surface area contributed by atoms with E-state index >= 15 is 0 Å². The van der Waals surface area contributed by atoms with E-state index in [9.17, 15) is 4.79 Å². The molecule has 0 aromatic carbocycles. The van der Waals surface area contributed by atoms with Gasteiger partial charge in [0.25, 0.3) is 0 Å². The molecule has 0 N–H and O–H groups in total. The lowest BCUT2D eigenvalue weighted by Gasteiger charge is -2.51. The zero-order chi connectivity index (χ0) is 11.6. The molecule has 0 aliphatic heterocycles. The molecule has 1 spiro atoms. The highest BCUT2D eigenvalue weighted by Crippen LogP contribution is 2.72. The molecular weight excluding hydrogens is 196 g/mol. The van der Waals surface area contributed by atoms with Gasteiger partial charge < -0.3 is 0 Å². The zero-order valence-corrected chi connectivity index (χ0v) is 10.7. The van der Waals surface area contributed by atoms with Crippen molar-refractivity contribution in [1.29, 1.82) is 0 Å². The van der Waals surface area contributed by atoms with Gasteiger partial charge in [-0.25, -0.2) is 0 Å². The van der Waals surface area contributed by atoms with Crippen LogP contribution in [-0.4, -0.2) is 6.29 Å². The molecule has 3 aliphatic rings. The van der Waals surface area contributed by atoms with Gasteiger partial charge in [-0.1, -0.05) is 26.3 Å². The van der Waals surface area contributed by atoms with Gasteiger partial charge in [0, 0.05) is 5.41 Å². The summed E-state index contributed by atoms with van der Waals surface area (Å²) in [5.74, 6) is 1.60. The molecular formula is C15H22O. The molecule has 3 atom stereocenters. The number of hydrogen-bond acceptors (Lipinski definition) is 1. The second kappa shape index (κ2) is 3.00. The minimum Gasteiger partial charge on any atom is -0.298 e. The lowest BCUT2D eigenvalue weighted by atomic mass is 9.53. The normalized spacial score (nSPS) is 44.7. The van der Waals surface area contributed by atoms with Crippen LogP contribution in [0.1, 0.15) is 52.9 Å². The second-order valence-corrected chi connectivity index (χ2v) is 6.69. The van der Waals surface area contributed by atoms with Gasteiger partial charge in [-0.15, -0.1) is 0 Å². The number of rotatable bonds is 1. The van der Waals surface area contributed by atoms with Gasteiger partial charge in [0.15, 0.2) is 0 Å². The Kier molecular flexibility index (Phi) is 1.98. The molecule has 88 valence electrons. The molecule has 2 saturated carbocycles. The Morgan fingerprint density at radius 1 is 1.31 bits per heavy atom. The Balaban J connectivity index is 2.20. The highest BCUT2D eigenvalue weighted by Gasteiger charge is 2.63. The van der Waals surface area contributed by atoms with Crippen molar-refractivity contribution in [3.8, 4) is 0 Å². The van der Waals surface area contributed by atoms with Crippen LogP contribution in [0.4, 0.5) is 0 Å². The fourth-order valence-electron chi connectivity index (χ4n) is 5.28. The molecule has 0 amide bonds. The maximum Gasteiger partial charge on any atom is 0.145 e. The third-order valence-corrected chi connectivity index (χ3v) is 6.27. The first-order valence-electron chi connectivity index (χ1n) is 6.71. The third-order valence-electron chi connectivity index (χ3n) is 6.27. The van der Waals surface area contributed by atoms with Crippen LogP contribution in [0.15, 0.2) is 11.1 Å². The van der Waals surface area contributed by atoms with E-state index in [2.05, 4.69) is 20.8 Å². The molecule has 2 fully saturated rings. The summed E-state index contributed by atoms with van der Waals surface area (Å²) >= 11 is 0. The molecule has 3 rings (SSSR count). The maximum atomic E-state index is 11.2. The number of hydrogen-bond donors (Lipinski definition) is 0. The fourth-order valence-corrected chi connectivity index (χ4v) is 5.28. The van der Waals surface area contributed by atoms with E-state index < -0.39 is 0 Å². The van der Waals surface area contributed by atoms with Crippen molar-refractivity contribution in [2.24, 2.45) is 22.7 Å². The highest BCUT2D eigenvalue weighted by molar-refractivity contribution is 5.77. The summed E-state index contributed by atoms with van der Waals surface area (Å²) in [5, 5.41) is 0. The quantitative estimate of drug-likeness (QED) is 0.613. The molecule has 1 nitrogen and oxygen atoms in total. The number of carbonyl (C=O) groups excluding carboxylic acids is 1. The summed E-state index contributed by atoms with van der Waals surface area (Å²) in [6.45, 7) is 7.32. The Morgan fingerprint density at radius 3 is 2.75 bits per heavy atom. The van der Waals surface area contributed by atoms with Crippen molar-refractivity contribution in [2.45, 2.75) is 52.9 Å². The van der Waals surface area contributed by atoms with E-state index in [1.807, 2.05) is 0 Å². The van der Waals surface area contributed by atoms with Gasteiger partial charge in [-0.05, 0) is 54.9 Å². The summed E-state index contributed by atoms with van der Waals surface area (Å²) in [6.07, 6.45) is 7.37. The number of aldehydes is 1. The topological polar surface area (TPSA) is 17.1 Å². The Labute approximate surface area is 98.3 Å². The minimum absolute atomic E-state index is 0.381. The molecule has 0 aromatic heterocycles. The van der Waals surface area contributed by atoms with Crippen LogP contribution in [0, 0.1) is 22.7 Å². The van der Waals surface area contributed by atoms with Crippen LogP contribution in [-0.2, 0) is 4.79 Å². The van der Waals surface area contributed by atoms with Gasteiger partial charge >= 0.3 is 0 Å². The SMILES string of the molecule is C[C@@H]1CC[C@H]2CC3=C(C=O)CC[C@@]31C2(C)C. The molecule has 0 aromatic rings. The van der Waals surface area contributed by atoms with E-state index in [0.717, 1.165) is 30.1 Å². The molecule has 0 radical (unpaired) electrons. The lowest BCUT2D eigenvalue weighted by molar-refractivity contribution is -0.105. The average molecular weight is 218 g/mol. The van der Waals surface area contributed by atoms with Gasteiger partial charge in [-0.2, -0.15) is 0 Å². The predicted molar refractivity (Wildman–Crippen MR) is 65.0 cm³/mol. The number of fused-ring (bicyclic) bond motifs is 1. The Hall–Kier alpha value is -0.590. The van der Waals surface area contributed by atoms with Gasteiger partial charge in [0.2, 0.25) is 0 Å². The molecule has 1 heteroatoms. The standard InChI is InChI=1S/C15H22O/c1-10-4-5-12-8-13-11(9-16)6-7-15(10,13)14(12,2)3/h9-10,12H,4-8H2,1-3H3/t10-,12+,15+/m1/s1. The smallest absolute Gasteiger partial charge is 0.145 e. The van der Waals surface area contributed by atoms with Crippen LogP contribution in [0.5, 0.6) is 0 Å². The number of allylic oxidation sites excluding steroid dienone is 2. The van der Waals surface area contributed by atoms with E-state index in [0.29, 0.717) is 10.8 Å². The highest BCUT2D eigenvalue weighted by atomic mass is 16.1.